The molecule has 0 spiro atoms. The maximum absolute atomic E-state index is 5.50. The van der Waals surface area contributed by atoms with Crippen LogP contribution in [0.2, 0.25) is 0 Å². The van der Waals surface area contributed by atoms with Crippen LogP contribution in [0.4, 0.5) is 0 Å². The first kappa shape index (κ1) is 27.1. The smallest absolute Gasteiger partial charge is 0.191 e. The van der Waals surface area contributed by atoms with E-state index in [0.29, 0.717) is 19.8 Å². The molecule has 0 bridgehead atoms. The minimum Gasteiger partial charge on any atom is -0.382 e. The molecular formula is C23H41IN4O2. The largest absolute Gasteiger partial charge is 0.382 e. The highest BCUT2D eigenvalue weighted by molar-refractivity contribution is 14.0. The Morgan fingerprint density at radius 3 is 2.53 bits per heavy atom. The van der Waals surface area contributed by atoms with Crippen LogP contribution in [0.15, 0.2) is 29.3 Å². The molecule has 0 amide bonds. The van der Waals surface area contributed by atoms with Gasteiger partial charge in [0.15, 0.2) is 5.96 Å². The predicted molar refractivity (Wildman–Crippen MR) is 136 cm³/mol. The van der Waals surface area contributed by atoms with Crippen LogP contribution in [0, 0.1) is 0 Å². The van der Waals surface area contributed by atoms with E-state index in [9.17, 15) is 0 Å². The quantitative estimate of drug-likeness (QED) is 0.186. The van der Waals surface area contributed by atoms with Crippen LogP contribution in [0.3, 0.4) is 0 Å². The zero-order chi connectivity index (χ0) is 20.6. The Morgan fingerprint density at radius 1 is 1.03 bits per heavy atom. The Kier molecular flexibility index (Phi) is 16.1. The molecular weight excluding hydrogens is 491 g/mol. The average Bonchev–Trinajstić information content (AvgIpc) is 3.00. The lowest BCUT2D eigenvalue weighted by atomic mass is 10.1. The highest BCUT2D eigenvalue weighted by atomic mass is 127. The van der Waals surface area contributed by atoms with Crippen molar-refractivity contribution in [2.75, 3.05) is 53.1 Å². The first-order valence-corrected chi connectivity index (χ1v) is 11.2. The van der Waals surface area contributed by atoms with Gasteiger partial charge in [0.2, 0.25) is 0 Å². The lowest BCUT2D eigenvalue weighted by Crippen LogP contribution is -2.38. The van der Waals surface area contributed by atoms with Gasteiger partial charge < -0.3 is 20.1 Å². The van der Waals surface area contributed by atoms with Crippen molar-refractivity contribution in [1.29, 1.82) is 0 Å². The van der Waals surface area contributed by atoms with Gasteiger partial charge in [-0.3, -0.25) is 4.90 Å². The molecule has 1 saturated heterocycles. The molecule has 0 atom stereocenters. The van der Waals surface area contributed by atoms with E-state index in [1.165, 1.54) is 49.9 Å². The molecule has 0 aliphatic carbocycles. The number of benzene rings is 1. The number of likely N-dealkylation sites (tertiary alicyclic amines) is 1. The van der Waals surface area contributed by atoms with Gasteiger partial charge in [-0.15, -0.1) is 24.0 Å². The van der Waals surface area contributed by atoms with Crippen molar-refractivity contribution in [1.82, 2.24) is 15.5 Å². The van der Waals surface area contributed by atoms with Crippen LogP contribution < -0.4 is 10.6 Å². The summed E-state index contributed by atoms with van der Waals surface area (Å²) in [5, 5.41) is 6.71. The summed E-state index contributed by atoms with van der Waals surface area (Å²) >= 11 is 0. The van der Waals surface area contributed by atoms with E-state index in [4.69, 9.17) is 14.5 Å². The van der Waals surface area contributed by atoms with Crippen molar-refractivity contribution >= 4 is 29.9 Å². The highest BCUT2D eigenvalue weighted by Crippen LogP contribution is 2.14. The summed E-state index contributed by atoms with van der Waals surface area (Å²) in [4.78, 5) is 7.35. The Bertz CT molecular complexity index is 578. The second kappa shape index (κ2) is 17.7. The summed E-state index contributed by atoms with van der Waals surface area (Å²) in [5.41, 5.74) is 2.66. The van der Waals surface area contributed by atoms with Gasteiger partial charge in [-0.2, -0.15) is 0 Å². The number of nitrogens with zero attached hydrogens (tertiary/aromatic N) is 2. The van der Waals surface area contributed by atoms with Gasteiger partial charge in [-0.25, -0.2) is 4.99 Å². The van der Waals surface area contributed by atoms with E-state index in [1.807, 2.05) is 0 Å². The molecule has 6 nitrogen and oxygen atoms in total. The summed E-state index contributed by atoms with van der Waals surface area (Å²) in [6, 6.07) is 8.88. The fraction of sp³-hybridized carbons (Fsp3) is 0.696. The van der Waals surface area contributed by atoms with Gasteiger partial charge in [-0.05, 0) is 50.4 Å². The van der Waals surface area contributed by atoms with Crippen LogP contribution >= 0.6 is 24.0 Å². The molecule has 1 aromatic rings. The summed E-state index contributed by atoms with van der Waals surface area (Å²) in [5.74, 6) is 0.863. The molecule has 1 aromatic carbocycles. The molecule has 0 saturated carbocycles. The normalized spacial score (nSPS) is 15.3. The molecule has 0 aromatic heterocycles. The summed E-state index contributed by atoms with van der Waals surface area (Å²) in [7, 11) is 1.69. The third-order valence-corrected chi connectivity index (χ3v) is 5.05. The number of hydrogen-bond donors (Lipinski definition) is 2. The van der Waals surface area contributed by atoms with Crippen molar-refractivity contribution in [2.45, 2.75) is 52.1 Å². The van der Waals surface area contributed by atoms with Crippen molar-refractivity contribution in [3.63, 3.8) is 0 Å². The molecule has 1 fully saturated rings. The molecule has 30 heavy (non-hydrogen) atoms. The Morgan fingerprint density at radius 2 is 1.80 bits per heavy atom. The number of ether oxygens (including phenoxy) is 2. The van der Waals surface area contributed by atoms with Gasteiger partial charge >= 0.3 is 0 Å². The fourth-order valence-electron chi connectivity index (χ4n) is 3.52. The lowest BCUT2D eigenvalue weighted by Gasteiger charge is -2.20. The molecule has 2 N–H and O–H groups in total. The maximum atomic E-state index is 5.50. The second-order valence-corrected chi connectivity index (χ2v) is 7.59. The first-order chi connectivity index (χ1) is 14.3. The summed E-state index contributed by atoms with van der Waals surface area (Å²) in [6.45, 7) is 10.0. The van der Waals surface area contributed by atoms with E-state index >= 15 is 0 Å². The molecule has 0 unspecified atom stereocenters. The molecule has 2 rings (SSSR count). The van der Waals surface area contributed by atoms with Crippen LogP contribution in [0.1, 0.15) is 50.2 Å². The molecule has 1 aliphatic heterocycles. The second-order valence-electron chi connectivity index (χ2n) is 7.59. The van der Waals surface area contributed by atoms with Crippen molar-refractivity contribution < 1.29 is 9.47 Å². The zero-order valence-electron chi connectivity index (χ0n) is 18.8. The maximum Gasteiger partial charge on any atom is 0.191 e. The third-order valence-electron chi connectivity index (χ3n) is 5.05. The average molecular weight is 533 g/mol. The summed E-state index contributed by atoms with van der Waals surface area (Å²) < 4.78 is 10.5. The van der Waals surface area contributed by atoms with E-state index in [-0.39, 0.29) is 24.0 Å². The highest BCUT2D eigenvalue weighted by Gasteiger charge is 2.09. The predicted octanol–water partition coefficient (Wildman–Crippen LogP) is 3.79. The minimum absolute atomic E-state index is 0. The third kappa shape index (κ3) is 12.1. The molecule has 172 valence electrons. The van der Waals surface area contributed by atoms with E-state index in [0.717, 1.165) is 38.6 Å². The number of halogens is 1. The van der Waals surface area contributed by atoms with Gasteiger partial charge in [-0.1, -0.05) is 37.1 Å². The van der Waals surface area contributed by atoms with Gasteiger partial charge in [0.1, 0.15) is 0 Å². The molecule has 1 heterocycles. The number of nitrogens with one attached hydrogen (secondary N) is 2. The minimum atomic E-state index is 0. The standard InChI is InChI=1S/C23H40N4O2.HI/c1-3-24-23(25-12-9-15-29-17-16-28-2)26-19-21-10-8-11-22(18-21)20-27-13-6-4-5-7-14-27;/h8,10-11,18H,3-7,9,12-17,19-20H2,1-2H3,(H2,24,25,26);1H. The number of aliphatic imine (C=N–C) groups is 1. The van der Waals surface area contributed by atoms with Crippen molar-refractivity contribution in [3.8, 4) is 0 Å². The zero-order valence-corrected chi connectivity index (χ0v) is 21.2. The number of rotatable bonds is 12. The van der Waals surface area contributed by atoms with Gasteiger partial charge in [0.25, 0.3) is 0 Å². The number of methoxy groups -OCH3 is 1. The van der Waals surface area contributed by atoms with Crippen LogP contribution in [0.25, 0.3) is 0 Å². The van der Waals surface area contributed by atoms with E-state index < -0.39 is 0 Å². The topological polar surface area (TPSA) is 58.1 Å². The lowest BCUT2D eigenvalue weighted by molar-refractivity contribution is 0.0698. The first-order valence-electron chi connectivity index (χ1n) is 11.2. The monoisotopic (exact) mass is 532 g/mol. The van der Waals surface area contributed by atoms with E-state index in [2.05, 4.69) is 46.7 Å². The molecule has 7 heteroatoms. The number of hydrogen-bond acceptors (Lipinski definition) is 4. The molecule has 1 aliphatic rings. The summed E-state index contributed by atoms with van der Waals surface area (Å²) in [6.07, 6.45) is 6.37. The van der Waals surface area contributed by atoms with Crippen LogP contribution in [-0.4, -0.2) is 64.0 Å². The fourth-order valence-corrected chi connectivity index (χ4v) is 3.52. The Balaban J connectivity index is 0.00000450. The Hall–Kier alpha value is -0.900. The van der Waals surface area contributed by atoms with Crippen molar-refractivity contribution in [2.24, 2.45) is 4.99 Å². The SMILES string of the molecule is CCNC(=NCc1cccc(CN2CCCCCC2)c1)NCCCOCCOC.I. The van der Waals surface area contributed by atoms with Crippen molar-refractivity contribution in [3.05, 3.63) is 35.4 Å². The van der Waals surface area contributed by atoms with Gasteiger partial charge in [0, 0.05) is 33.4 Å². The van der Waals surface area contributed by atoms with Crippen LogP contribution in [0.5, 0.6) is 0 Å². The number of guanidine groups is 1. The Labute approximate surface area is 200 Å². The van der Waals surface area contributed by atoms with Crippen LogP contribution in [-0.2, 0) is 22.6 Å². The molecule has 0 radical (unpaired) electrons. The van der Waals surface area contributed by atoms with Gasteiger partial charge in [0.05, 0.1) is 19.8 Å². The van der Waals surface area contributed by atoms with E-state index in [1.54, 1.807) is 7.11 Å².